The molecule has 0 aliphatic carbocycles. The molecule has 0 aromatic heterocycles. The van der Waals surface area contributed by atoms with E-state index in [1.165, 1.54) is 7.11 Å². The van der Waals surface area contributed by atoms with Crippen LogP contribution in [0.4, 0.5) is 0 Å². The molecule has 1 unspecified atom stereocenters. The van der Waals surface area contributed by atoms with Crippen LogP contribution in [0.5, 0.6) is 11.5 Å². The summed E-state index contributed by atoms with van der Waals surface area (Å²) in [5, 5.41) is 18.4. The van der Waals surface area contributed by atoms with Crippen molar-refractivity contribution in [3.8, 4) is 11.5 Å². The quantitative estimate of drug-likeness (QED) is 0.663. The molecule has 4 nitrogen and oxygen atoms in total. The van der Waals surface area contributed by atoms with Gasteiger partial charge in [-0.3, -0.25) is 0 Å². The highest BCUT2D eigenvalue weighted by Crippen LogP contribution is 2.27. The third-order valence-electron chi connectivity index (χ3n) is 2.36. The van der Waals surface area contributed by atoms with Gasteiger partial charge in [-0.05, 0) is 36.6 Å². The van der Waals surface area contributed by atoms with Crippen LogP contribution in [0, 0.1) is 5.92 Å². The minimum Gasteiger partial charge on any atom is -0.504 e. The van der Waals surface area contributed by atoms with Crippen molar-refractivity contribution in [2.24, 2.45) is 11.7 Å². The fourth-order valence-corrected chi connectivity index (χ4v) is 1.40. The van der Waals surface area contributed by atoms with Crippen LogP contribution in [0.1, 0.15) is 5.56 Å². The lowest BCUT2D eigenvalue weighted by molar-refractivity contribution is 0.229. The lowest BCUT2D eigenvalue weighted by Crippen LogP contribution is -2.20. The molecule has 1 rings (SSSR count). The van der Waals surface area contributed by atoms with Crippen molar-refractivity contribution in [3.63, 3.8) is 0 Å². The Labute approximate surface area is 89.3 Å². The molecule has 4 heteroatoms. The summed E-state index contributed by atoms with van der Waals surface area (Å²) in [4.78, 5) is 0. The van der Waals surface area contributed by atoms with Gasteiger partial charge in [0.05, 0.1) is 7.11 Å². The van der Waals surface area contributed by atoms with Crippen molar-refractivity contribution in [3.05, 3.63) is 23.8 Å². The molecule has 15 heavy (non-hydrogen) atoms. The van der Waals surface area contributed by atoms with Crippen molar-refractivity contribution < 1.29 is 14.9 Å². The first-order valence-electron chi connectivity index (χ1n) is 4.88. The average molecular weight is 211 g/mol. The van der Waals surface area contributed by atoms with E-state index < -0.39 is 0 Å². The third-order valence-corrected chi connectivity index (χ3v) is 2.36. The van der Waals surface area contributed by atoms with Crippen LogP contribution in [0.15, 0.2) is 18.2 Å². The van der Waals surface area contributed by atoms with Gasteiger partial charge in [0.2, 0.25) is 0 Å². The van der Waals surface area contributed by atoms with Crippen molar-refractivity contribution in [1.82, 2.24) is 0 Å². The Morgan fingerprint density at radius 1 is 1.47 bits per heavy atom. The molecule has 0 aliphatic rings. The molecule has 0 amide bonds. The second-order valence-electron chi connectivity index (χ2n) is 3.49. The van der Waals surface area contributed by atoms with E-state index in [1.54, 1.807) is 18.2 Å². The molecule has 0 saturated heterocycles. The largest absolute Gasteiger partial charge is 0.504 e. The lowest BCUT2D eigenvalue weighted by atomic mass is 10.00. The monoisotopic (exact) mass is 211 g/mol. The number of nitrogens with two attached hydrogens (primary N) is 1. The molecule has 0 heterocycles. The molecule has 0 fully saturated rings. The zero-order chi connectivity index (χ0) is 11.3. The molecule has 0 saturated carbocycles. The van der Waals surface area contributed by atoms with Crippen LogP contribution in [0.3, 0.4) is 0 Å². The summed E-state index contributed by atoms with van der Waals surface area (Å²) in [6.45, 7) is 0.513. The number of aromatic hydroxyl groups is 1. The number of hydrogen-bond donors (Lipinski definition) is 3. The van der Waals surface area contributed by atoms with Gasteiger partial charge in [0.1, 0.15) is 0 Å². The second kappa shape index (κ2) is 5.58. The number of aliphatic hydroxyl groups excluding tert-OH is 1. The highest BCUT2D eigenvalue weighted by Gasteiger charge is 2.08. The molecule has 0 bridgehead atoms. The molecule has 0 radical (unpaired) electrons. The van der Waals surface area contributed by atoms with Crippen LogP contribution in [0.2, 0.25) is 0 Å². The first-order valence-corrected chi connectivity index (χ1v) is 4.88. The van der Waals surface area contributed by atoms with Crippen LogP contribution < -0.4 is 10.5 Å². The van der Waals surface area contributed by atoms with Gasteiger partial charge in [-0.1, -0.05) is 6.07 Å². The minimum absolute atomic E-state index is 0.0549. The van der Waals surface area contributed by atoms with Crippen LogP contribution >= 0.6 is 0 Å². The summed E-state index contributed by atoms with van der Waals surface area (Å²) >= 11 is 0. The zero-order valence-corrected chi connectivity index (χ0v) is 8.81. The number of hydrogen-bond acceptors (Lipinski definition) is 4. The molecular weight excluding hydrogens is 194 g/mol. The molecule has 1 aromatic rings. The Kier molecular flexibility index (Phi) is 4.39. The third kappa shape index (κ3) is 3.11. The number of rotatable bonds is 5. The summed E-state index contributed by atoms with van der Waals surface area (Å²) in [6.07, 6.45) is 0.684. The number of phenolic OH excluding ortho intramolecular Hbond substituents is 1. The Balaban J connectivity index is 2.77. The summed E-state index contributed by atoms with van der Waals surface area (Å²) in [6, 6.07) is 5.14. The van der Waals surface area contributed by atoms with Gasteiger partial charge in [0.15, 0.2) is 11.5 Å². The number of methoxy groups -OCH3 is 1. The molecule has 0 aliphatic heterocycles. The highest BCUT2D eigenvalue weighted by molar-refractivity contribution is 5.41. The van der Waals surface area contributed by atoms with Gasteiger partial charge in [0, 0.05) is 6.61 Å². The van der Waals surface area contributed by atoms with Crippen LogP contribution in [-0.2, 0) is 6.42 Å². The van der Waals surface area contributed by atoms with Gasteiger partial charge in [-0.2, -0.15) is 0 Å². The summed E-state index contributed by atoms with van der Waals surface area (Å²) in [7, 11) is 1.51. The fourth-order valence-electron chi connectivity index (χ4n) is 1.40. The Hall–Kier alpha value is -1.26. The van der Waals surface area contributed by atoms with Gasteiger partial charge in [0.25, 0.3) is 0 Å². The van der Waals surface area contributed by atoms with Crippen LogP contribution in [0.25, 0.3) is 0 Å². The molecule has 4 N–H and O–H groups in total. The van der Waals surface area contributed by atoms with E-state index in [4.69, 9.17) is 15.6 Å². The minimum atomic E-state index is 0.0549. The Morgan fingerprint density at radius 2 is 2.20 bits per heavy atom. The number of ether oxygens (including phenoxy) is 1. The number of benzene rings is 1. The van der Waals surface area contributed by atoms with Crippen molar-refractivity contribution in [1.29, 1.82) is 0 Å². The van der Waals surface area contributed by atoms with E-state index in [1.807, 2.05) is 0 Å². The van der Waals surface area contributed by atoms with Gasteiger partial charge in [-0.25, -0.2) is 0 Å². The van der Waals surface area contributed by atoms with Crippen molar-refractivity contribution >= 4 is 0 Å². The van der Waals surface area contributed by atoms with E-state index in [0.29, 0.717) is 18.7 Å². The van der Waals surface area contributed by atoms with Crippen LogP contribution in [-0.4, -0.2) is 30.5 Å². The van der Waals surface area contributed by atoms with E-state index in [-0.39, 0.29) is 18.3 Å². The first-order chi connectivity index (χ1) is 7.21. The zero-order valence-electron chi connectivity index (χ0n) is 8.81. The Morgan fingerprint density at radius 3 is 2.73 bits per heavy atom. The fraction of sp³-hybridized carbons (Fsp3) is 0.455. The van der Waals surface area contributed by atoms with Crippen molar-refractivity contribution in [2.75, 3.05) is 20.3 Å². The highest BCUT2D eigenvalue weighted by atomic mass is 16.5. The van der Waals surface area contributed by atoms with E-state index in [0.717, 1.165) is 5.56 Å². The van der Waals surface area contributed by atoms with E-state index in [9.17, 15) is 5.11 Å². The smallest absolute Gasteiger partial charge is 0.160 e. The predicted octanol–water partition coefficient (Wildman–Crippen LogP) is 0.510. The maximum Gasteiger partial charge on any atom is 0.160 e. The summed E-state index contributed by atoms with van der Waals surface area (Å²) in [5.74, 6) is 0.620. The lowest BCUT2D eigenvalue weighted by Gasteiger charge is -2.12. The van der Waals surface area contributed by atoms with E-state index >= 15 is 0 Å². The topological polar surface area (TPSA) is 75.7 Å². The summed E-state index contributed by atoms with van der Waals surface area (Å²) in [5.41, 5.74) is 6.49. The number of aliphatic hydroxyl groups is 1. The standard InChI is InChI=1S/C11H17NO3/c1-15-11-5-8(2-3-10(11)14)4-9(6-12)7-13/h2-3,5,9,13-14H,4,6-7,12H2,1H3. The normalized spacial score (nSPS) is 12.5. The molecule has 1 atom stereocenters. The predicted molar refractivity (Wildman–Crippen MR) is 58.0 cm³/mol. The molecule has 0 spiro atoms. The average Bonchev–Trinajstić information content (AvgIpc) is 2.28. The maximum absolute atomic E-state index is 9.38. The maximum atomic E-state index is 9.38. The van der Waals surface area contributed by atoms with E-state index in [2.05, 4.69) is 0 Å². The SMILES string of the molecule is COc1cc(CC(CN)CO)ccc1O. The van der Waals surface area contributed by atoms with Crippen molar-refractivity contribution in [2.45, 2.75) is 6.42 Å². The second-order valence-corrected chi connectivity index (χ2v) is 3.49. The first kappa shape index (κ1) is 11.8. The molecule has 84 valence electrons. The van der Waals surface area contributed by atoms with Gasteiger partial charge >= 0.3 is 0 Å². The molecule has 1 aromatic carbocycles. The molecular formula is C11H17NO3. The summed E-state index contributed by atoms with van der Waals surface area (Å²) < 4.78 is 4.99. The van der Waals surface area contributed by atoms with Gasteiger partial charge in [-0.15, -0.1) is 0 Å². The number of phenols is 1. The van der Waals surface area contributed by atoms with Gasteiger partial charge < -0.3 is 20.7 Å². The Bertz CT molecular complexity index is 311.